The summed E-state index contributed by atoms with van der Waals surface area (Å²) < 4.78 is 0. The van der Waals surface area contributed by atoms with Crippen molar-refractivity contribution >= 4 is 24.0 Å². The summed E-state index contributed by atoms with van der Waals surface area (Å²) in [6.07, 6.45) is 2.23. The smallest absolute Gasteiger partial charge is 0.238 e. The normalized spacial score (nSPS) is 21.6. The molecule has 1 aliphatic heterocycles. The number of rotatable bonds is 4. The van der Waals surface area contributed by atoms with Gasteiger partial charge >= 0.3 is 0 Å². The van der Waals surface area contributed by atoms with Gasteiger partial charge in [-0.05, 0) is 57.2 Å². The van der Waals surface area contributed by atoms with Crippen molar-refractivity contribution < 1.29 is 4.79 Å². The van der Waals surface area contributed by atoms with Gasteiger partial charge in [0.2, 0.25) is 5.91 Å². The van der Waals surface area contributed by atoms with E-state index in [-0.39, 0.29) is 18.3 Å². The van der Waals surface area contributed by atoms with Crippen LogP contribution in [0.3, 0.4) is 0 Å². The Labute approximate surface area is 146 Å². The Morgan fingerprint density at radius 1 is 1.30 bits per heavy atom. The molecule has 1 aromatic rings. The van der Waals surface area contributed by atoms with E-state index in [0.29, 0.717) is 25.0 Å². The van der Waals surface area contributed by atoms with Crippen LogP contribution in [0, 0.1) is 26.7 Å². The number of carbonyl (C=O) groups excluding carboxylic acids is 1. The fourth-order valence-corrected chi connectivity index (χ4v) is 3.49. The third-order valence-electron chi connectivity index (χ3n) is 4.66. The molecule has 3 N–H and O–H groups in total. The van der Waals surface area contributed by atoms with Crippen LogP contribution < -0.4 is 11.1 Å². The molecule has 1 saturated heterocycles. The van der Waals surface area contributed by atoms with E-state index >= 15 is 0 Å². The van der Waals surface area contributed by atoms with Gasteiger partial charge in [0.25, 0.3) is 0 Å². The van der Waals surface area contributed by atoms with Gasteiger partial charge in [-0.15, -0.1) is 12.4 Å². The molecule has 0 saturated carbocycles. The number of benzene rings is 1. The zero-order valence-electron chi connectivity index (χ0n) is 14.7. The maximum atomic E-state index is 12.4. The van der Waals surface area contributed by atoms with Crippen LogP contribution in [0.2, 0.25) is 0 Å². The molecular weight excluding hydrogens is 310 g/mol. The van der Waals surface area contributed by atoms with Crippen LogP contribution in [0.25, 0.3) is 0 Å². The second kappa shape index (κ2) is 8.67. The van der Waals surface area contributed by atoms with Crippen LogP contribution >= 0.6 is 12.4 Å². The van der Waals surface area contributed by atoms with Gasteiger partial charge < -0.3 is 11.1 Å². The summed E-state index contributed by atoms with van der Waals surface area (Å²) in [6.45, 7) is 10.4. The van der Waals surface area contributed by atoms with Gasteiger partial charge in [0.15, 0.2) is 0 Å². The number of nitrogens with two attached hydrogens (primary N) is 1. The van der Waals surface area contributed by atoms with Crippen molar-refractivity contribution in [2.24, 2.45) is 11.7 Å². The van der Waals surface area contributed by atoms with E-state index in [1.165, 1.54) is 5.56 Å². The van der Waals surface area contributed by atoms with Crippen LogP contribution in [-0.2, 0) is 4.79 Å². The van der Waals surface area contributed by atoms with E-state index in [1.54, 1.807) is 0 Å². The highest BCUT2D eigenvalue weighted by Crippen LogP contribution is 2.24. The average Bonchev–Trinajstić information content (AvgIpc) is 2.44. The summed E-state index contributed by atoms with van der Waals surface area (Å²) in [5.41, 5.74) is 10.3. The Kier molecular flexibility index (Phi) is 7.52. The lowest BCUT2D eigenvalue weighted by atomic mass is 9.92. The van der Waals surface area contributed by atoms with Crippen LogP contribution in [0.4, 0.5) is 5.69 Å². The molecule has 1 aromatic carbocycles. The van der Waals surface area contributed by atoms with E-state index in [0.717, 1.165) is 36.2 Å². The molecule has 2 unspecified atom stereocenters. The minimum absolute atomic E-state index is 0. The second-order valence-electron chi connectivity index (χ2n) is 6.81. The van der Waals surface area contributed by atoms with Crippen molar-refractivity contribution in [2.45, 2.75) is 46.6 Å². The summed E-state index contributed by atoms with van der Waals surface area (Å²) in [6, 6.07) is 4.54. The molecule has 0 aromatic heterocycles. The minimum atomic E-state index is 0. The fourth-order valence-electron chi connectivity index (χ4n) is 3.49. The first-order valence-electron chi connectivity index (χ1n) is 8.22. The molecule has 0 radical (unpaired) electrons. The average molecular weight is 340 g/mol. The number of likely N-dealkylation sites (tertiary alicyclic amines) is 1. The summed E-state index contributed by atoms with van der Waals surface area (Å²) in [5, 5.41) is 3.09. The van der Waals surface area contributed by atoms with E-state index in [4.69, 9.17) is 5.73 Å². The molecule has 5 heteroatoms. The molecule has 4 nitrogen and oxygen atoms in total. The number of nitrogens with one attached hydrogen (secondary N) is 1. The third-order valence-corrected chi connectivity index (χ3v) is 4.66. The predicted molar refractivity (Wildman–Crippen MR) is 99.3 cm³/mol. The van der Waals surface area contributed by atoms with E-state index in [2.05, 4.69) is 36.2 Å². The zero-order chi connectivity index (χ0) is 16.3. The van der Waals surface area contributed by atoms with Crippen molar-refractivity contribution in [1.29, 1.82) is 0 Å². The lowest BCUT2D eigenvalue weighted by molar-refractivity contribution is -0.118. The number of piperidine rings is 1. The van der Waals surface area contributed by atoms with Gasteiger partial charge in [-0.2, -0.15) is 0 Å². The van der Waals surface area contributed by atoms with Gasteiger partial charge in [-0.1, -0.05) is 24.6 Å². The number of carbonyl (C=O) groups is 1. The van der Waals surface area contributed by atoms with Crippen molar-refractivity contribution in [3.05, 3.63) is 28.8 Å². The van der Waals surface area contributed by atoms with Gasteiger partial charge in [0, 0.05) is 18.3 Å². The first-order valence-corrected chi connectivity index (χ1v) is 8.22. The molecular formula is C18H30ClN3O. The van der Waals surface area contributed by atoms with Gasteiger partial charge in [0.1, 0.15) is 0 Å². The minimum Gasteiger partial charge on any atom is -0.329 e. The summed E-state index contributed by atoms with van der Waals surface area (Å²) in [7, 11) is 0. The van der Waals surface area contributed by atoms with Crippen LogP contribution in [-0.4, -0.2) is 36.5 Å². The Balaban J connectivity index is 0.00000264. The monoisotopic (exact) mass is 339 g/mol. The molecule has 1 aliphatic rings. The SMILES string of the molecule is Cc1cc(C)c(NC(=O)CN2CCC(C)CC2CN)c(C)c1.Cl. The molecule has 130 valence electrons. The first-order chi connectivity index (χ1) is 10.4. The van der Waals surface area contributed by atoms with Crippen molar-refractivity contribution in [2.75, 3.05) is 25.0 Å². The zero-order valence-corrected chi connectivity index (χ0v) is 15.5. The number of nitrogens with zero attached hydrogens (tertiary/aromatic N) is 1. The van der Waals surface area contributed by atoms with Crippen molar-refractivity contribution in [3.8, 4) is 0 Å². The molecule has 0 bridgehead atoms. The van der Waals surface area contributed by atoms with Crippen molar-refractivity contribution in [3.63, 3.8) is 0 Å². The lowest BCUT2D eigenvalue weighted by Gasteiger charge is -2.37. The second-order valence-corrected chi connectivity index (χ2v) is 6.81. The van der Waals surface area contributed by atoms with Gasteiger partial charge in [-0.25, -0.2) is 0 Å². The van der Waals surface area contributed by atoms with Gasteiger partial charge in [-0.3, -0.25) is 9.69 Å². The van der Waals surface area contributed by atoms with E-state index in [1.807, 2.05) is 13.8 Å². The first kappa shape index (κ1) is 19.9. The summed E-state index contributed by atoms with van der Waals surface area (Å²) in [5.74, 6) is 0.762. The van der Waals surface area contributed by atoms with Crippen LogP contribution in [0.1, 0.15) is 36.5 Å². The molecule has 1 amide bonds. The third kappa shape index (κ3) is 5.20. The maximum Gasteiger partial charge on any atom is 0.238 e. The molecule has 0 aliphatic carbocycles. The Bertz CT molecular complexity index is 524. The number of hydrogen-bond donors (Lipinski definition) is 2. The maximum absolute atomic E-state index is 12.4. The standard InChI is InChI=1S/C18H29N3O.ClH/c1-12-5-6-21(16(9-12)10-19)11-17(22)20-18-14(3)7-13(2)8-15(18)4;/h7-8,12,16H,5-6,9-11,19H2,1-4H3,(H,20,22);1H. The summed E-state index contributed by atoms with van der Waals surface area (Å²) >= 11 is 0. The number of halogens is 1. The highest BCUT2D eigenvalue weighted by molar-refractivity contribution is 5.93. The van der Waals surface area contributed by atoms with Crippen LogP contribution in [0.5, 0.6) is 0 Å². The molecule has 1 heterocycles. The molecule has 2 atom stereocenters. The Morgan fingerprint density at radius 3 is 2.48 bits per heavy atom. The number of anilines is 1. The highest BCUT2D eigenvalue weighted by atomic mass is 35.5. The molecule has 2 rings (SSSR count). The molecule has 1 fully saturated rings. The Hall–Kier alpha value is -1.10. The molecule has 23 heavy (non-hydrogen) atoms. The van der Waals surface area contributed by atoms with E-state index in [9.17, 15) is 4.79 Å². The number of aryl methyl sites for hydroxylation is 3. The van der Waals surface area contributed by atoms with Crippen molar-refractivity contribution in [1.82, 2.24) is 4.90 Å². The summed E-state index contributed by atoms with van der Waals surface area (Å²) in [4.78, 5) is 14.6. The number of amides is 1. The Morgan fingerprint density at radius 2 is 1.91 bits per heavy atom. The quantitative estimate of drug-likeness (QED) is 0.886. The topological polar surface area (TPSA) is 58.4 Å². The highest BCUT2D eigenvalue weighted by Gasteiger charge is 2.26. The predicted octanol–water partition coefficient (Wildman–Crippen LogP) is 3.03. The van der Waals surface area contributed by atoms with Crippen LogP contribution in [0.15, 0.2) is 12.1 Å². The van der Waals surface area contributed by atoms with Gasteiger partial charge in [0.05, 0.1) is 6.54 Å². The fraction of sp³-hybridized carbons (Fsp3) is 0.611. The lowest BCUT2D eigenvalue weighted by Crippen LogP contribution is -2.49. The van der Waals surface area contributed by atoms with E-state index < -0.39 is 0 Å². The molecule has 0 spiro atoms. The number of hydrogen-bond acceptors (Lipinski definition) is 3. The largest absolute Gasteiger partial charge is 0.329 e.